The second-order valence-corrected chi connectivity index (χ2v) is 11.7. The Morgan fingerprint density at radius 2 is 1.76 bits per heavy atom. The van der Waals surface area contributed by atoms with E-state index in [0.29, 0.717) is 22.1 Å². The number of rotatable bonds is 7. The Bertz CT molecular complexity index is 1150. The summed E-state index contributed by atoms with van der Waals surface area (Å²) in [6.45, 7) is 5.14. The predicted molar refractivity (Wildman–Crippen MR) is 146 cm³/mol. The molecule has 1 saturated carbocycles. The van der Waals surface area contributed by atoms with Gasteiger partial charge in [0.05, 0.1) is 30.1 Å². The summed E-state index contributed by atoms with van der Waals surface area (Å²) in [7, 11) is 0. The molecule has 1 aromatic heterocycles. The Balaban J connectivity index is 1.38. The van der Waals surface area contributed by atoms with Gasteiger partial charge in [-0.2, -0.15) is 4.98 Å². The maximum absolute atomic E-state index is 13.9. The largest absolute Gasteiger partial charge is 0.383 e. The van der Waals surface area contributed by atoms with Crippen molar-refractivity contribution in [2.75, 3.05) is 38.5 Å². The van der Waals surface area contributed by atoms with Crippen LogP contribution >= 0.6 is 11.6 Å². The van der Waals surface area contributed by atoms with Gasteiger partial charge in [-0.3, -0.25) is 0 Å². The summed E-state index contributed by atoms with van der Waals surface area (Å²) < 4.78 is 14.6. The highest BCUT2D eigenvalue weighted by atomic mass is 35.5. The van der Waals surface area contributed by atoms with Crippen LogP contribution in [0.1, 0.15) is 74.3 Å². The Labute approximate surface area is 223 Å². The minimum atomic E-state index is -0.409. The number of quaternary nitrogens is 1. The molecule has 3 fully saturated rings. The molecule has 37 heavy (non-hydrogen) atoms. The zero-order chi connectivity index (χ0) is 25.5. The van der Waals surface area contributed by atoms with Crippen LogP contribution < -0.4 is 20.9 Å². The summed E-state index contributed by atoms with van der Waals surface area (Å²) in [6.07, 6.45) is 14.6. The van der Waals surface area contributed by atoms with Crippen molar-refractivity contribution in [2.45, 2.75) is 69.0 Å². The van der Waals surface area contributed by atoms with Crippen molar-refractivity contribution >= 4 is 23.2 Å². The van der Waals surface area contributed by atoms with Crippen molar-refractivity contribution in [1.82, 2.24) is 30.0 Å². The van der Waals surface area contributed by atoms with Crippen LogP contribution in [0.2, 0.25) is 5.02 Å². The predicted octanol–water partition coefficient (Wildman–Crippen LogP) is 4.81. The minimum absolute atomic E-state index is 0.199. The number of hydrogen-bond donors (Lipinski definition) is 3. The van der Waals surface area contributed by atoms with Crippen molar-refractivity contribution in [1.29, 1.82) is 0 Å². The third-order valence-electron chi connectivity index (χ3n) is 9.39. The van der Waals surface area contributed by atoms with Crippen LogP contribution in [0.4, 0.5) is 16.0 Å². The second kappa shape index (κ2) is 10.0. The van der Waals surface area contributed by atoms with E-state index in [0.717, 1.165) is 68.7 Å². The Morgan fingerprint density at radius 1 is 1.03 bits per heavy atom. The standard InChI is InChI=1S/C28H38ClFN7/c29-23-18-22(6-7-24(23)30)20-8-16-37(17-9-20,27-25(21-4-3-5-21)26(31)32-19-33-27)28(34-11-12-35-28)10-15-36-13-1-2-14-36/h6-7,11-12,18-21,34-35H,1-5,8-10,13-17H2,(H2,31,32,33)/q+1. The molecule has 0 atom stereocenters. The van der Waals surface area contributed by atoms with E-state index >= 15 is 0 Å². The van der Waals surface area contributed by atoms with E-state index in [1.807, 2.05) is 18.5 Å². The monoisotopic (exact) mass is 526 g/mol. The lowest BCUT2D eigenvalue weighted by atomic mass is 9.79. The molecule has 1 aromatic carbocycles. The summed E-state index contributed by atoms with van der Waals surface area (Å²) in [5.41, 5.74) is 8.85. The molecule has 0 spiro atoms. The van der Waals surface area contributed by atoms with E-state index in [-0.39, 0.29) is 10.8 Å². The Kier molecular flexibility index (Phi) is 6.75. The van der Waals surface area contributed by atoms with Gasteiger partial charge in [-0.15, -0.1) is 0 Å². The van der Waals surface area contributed by atoms with E-state index < -0.39 is 5.79 Å². The smallest absolute Gasteiger partial charge is 0.257 e. The van der Waals surface area contributed by atoms with Gasteiger partial charge >= 0.3 is 0 Å². The molecule has 2 aromatic rings. The highest BCUT2D eigenvalue weighted by Gasteiger charge is 2.57. The van der Waals surface area contributed by atoms with Crippen LogP contribution in [0.15, 0.2) is 36.9 Å². The van der Waals surface area contributed by atoms with Crippen LogP contribution in [0, 0.1) is 5.82 Å². The summed E-state index contributed by atoms with van der Waals surface area (Å²) in [5.74, 6) is 1.66. The first-order valence-corrected chi connectivity index (χ1v) is 14.2. The zero-order valence-corrected chi connectivity index (χ0v) is 22.2. The molecule has 4 N–H and O–H groups in total. The van der Waals surface area contributed by atoms with Crippen molar-refractivity contribution in [3.8, 4) is 0 Å². The molecule has 6 rings (SSSR count). The minimum Gasteiger partial charge on any atom is -0.383 e. The molecule has 2 saturated heterocycles. The quantitative estimate of drug-likeness (QED) is 0.449. The van der Waals surface area contributed by atoms with Gasteiger partial charge in [0.25, 0.3) is 5.79 Å². The molecule has 0 bridgehead atoms. The Hall–Kier alpha value is -2.42. The SMILES string of the molecule is Nc1ncnc([N+]2(C3(CCN4CCCC4)NC=CN3)CCC(c3ccc(F)c(Cl)c3)CC2)c1C1CCC1. The molecule has 4 aliphatic rings. The number of hydrogen-bond acceptors (Lipinski definition) is 6. The number of nitrogen functional groups attached to an aromatic ring is 1. The number of halogens is 2. The summed E-state index contributed by atoms with van der Waals surface area (Å²) in [6, 6.07) is 5.20. The summed E-state index contributed by atoms with van der Waals surface area (Å²) >= 11 is 6.17. The molecule has 4 heterocycles. The average Bonchev–Trinajstić information content (AvgIpc) is 3.58. The number of nitrogens with two attached hydrogens (primary N) is 1. The van der Waals surface area contributed by atoms with Gasteiger partial charge in [0.2, 0.25) is 5.82 Å². The van der Waals surface area contributed by atoms with E-state index in [1.54, 1.807) is 12.4 Å². The van der Waals surface area contributed by atoms with Gasteiger partial charge in [0, 0.05) is 31.8 Å². The Morgan fingerprint density at radius 3 is 2.41 bits per heavy atom. The van der Waals surface area contributed by atoms with Gasteiger partial charge in [-0.25, -0.2) is 13.9 Å². The lowest BCUT2D eigenvalue weighted by Gasteiger charge is -2.54. The second-order valence-electron chi connectivity index (χ2n) is 11.3. The number of anilines is 1. The van der Waals surface area contributed by atoms with E-state index in [9.17, 15) is 4.39 Å². The fourth-order valence-electron chi connectivity index (χ4n) is 7.04. The summed E-state index contributed by atoms with van der Waals surface area (Å²) in [4.78, 5) is 12.0. The number of nitrogens with one attached hydrogen (secondary N) is 2. The van der Waals surface area contributed by atoms with Gasteiger partial charge in [-0.1, -0.05) is 24.1 Å². The lowest BCUT2D eigenvalue weighted by Crippen LogP contribution is -2.78. The van der Waals surface area contributed by atoms with Crippen LogP contribution in [-0.4, -0.2) is 53.4 Å². The van der Waals surface area contributed by atoms with Crippen molar-refractivity contribution in [3.05, 3.63) is 58.9 Å². The van der Waals surface area contributed by atoms with Crippen LogP contribution in [-0.2, 0) is 0 Å². The third kappa shape index (κ3) is 4.37. The fraction of sp³-hybridized carbons (Fsp3) is 0.571. The third-order valence-corrected chi connectivity index (χ3v) is 9.68. The molecule has 0 unspecified atom stereocenters. The fourth-order valence-corrected chi connectivity index (χ4v) is 7.23. The van der Waals surface area contributed by atoms with Crippen molar-refractivity contribution in [2.24, 2.45) is 0 Å². The number of aromatic nitrogens is 2. The molecule has 1 aliphatic carbocycles. The van der Waals surface area contributed by atoms with E-state index in [2.05, 4.69) is 20.5 Å². The van der Waals surface area contributed by atoms with Crippen LogP contribution in [0.5, 0.6) is 0 Å². The molecule has 7 nitrogen and oxygen atoms in total. The highest BCUT2D eigenvalue weighted by molar-refractivity contribution is 6.30. The molecule has 198 valence electrons. The lowest BCUT2D eigenvalue weighted by molar-refractivity contribution is 0.0206. The molecule has 3 aliphatic heterocycles. The summed E-state index contributed by atoms with van der Waals surface area (Å²) in [5, 5.41) is 7.75. The molecule has 0 radical (unpaired) electrons. The number of benzene rings is 1. The van der Waals surface area contributed by atoms with Crippen LogP contribution in [0.25, 0.3) is 0 Å². The normalized spacial score (nSPS) is 27.6. The number of piperidine rings is 1. The van der Waals surface area contributed by atoms with Gasteiger partial charge in [0.15, 0.2) is 0 Å². The maximum Gasteiger partial charge on any atom is 0.257 e. The first-order chi connectivity index (χ1) is 18.0. The van der Waals surface area contributed by atoms with Gasteiger partial charge in [0.1, 0.15) is 18.0 Å². The number of nitrogens with zero attached hydrogens (tertiary/aromatic N) is 4. The molecule has 9 heteroatoms. The van der Waals surface area contributed by atoms with Gasteiger partial charge in [-0.05, 0) is 68.3 Å². The van der Waals surface area contributed by atoms with E-state index in [4.69, 9.17) is 22.3 Å². The van der Waals surface area contributed by atoms with Crippen molar-refractivity contribution < 1.29 is 4.39 Å². The maximum atomic E-state index is 13.9. The average molecular weight is 527 g/mol. The highest BCUT2D eigenvalue weighted by Crippen LogP contribution is 2.49. The first-order valence-electron chi connectivity index (χ1n) is 13.9. The zero-order valence-electron chi connectivity index (χ0n) is 21.4. The number of likely N-dealkylation sites (tertiary alicyclic amines) is 2. The first kappa shape index (κ1) is 24.9. The topological polar surface area (TPSA) is 79.1 Å². The van der Waals surface area contributed by atoms with Gasteiger partial charge < -0.3 is 21.3 Å². The van der Waals surface area contributed by atoms with Crippen molar-refractivity contribution in [3.63, 3.8) is 0 Å². The van der Waals surface area contributed by atoms with Crippen LogP contribution in [0.3, 0.4) is 0 Å². The molecule has 0 amide bonds. The van der Waals surface area contributed by atoms with E-state index in [1.165, 1.54) is 38.4 Å². The molecular weight excluding hydrogens is 489 g/mol. The molecular formula is C28H38ClFN7+.